The number of hydrogen-bond donors (Lipinski definition) is 0. The van der Waals surface area contributed by atoms with Crippen LogP contribution < -0.4 is 31.1 Å². The third-order valence-corrected chi connectivity index (χ3v) is 11.7. The molecule has 0 atom stereocenters. The Bertz CT molecular complexity index is 2460. The first kappa shape index (κ1) is 33.8. The summed E-state index contributed by atoms with van der Waals surface area (Å²) in [6.07, 6.45) is 0. The van der Waals surface area contributed by atoms with E-state index in [1.165, 1.54) is 106 Å². The normalized spacial score (nSPS) is 12.7. The number of para-hydroxylation sites is 4. The minimum atomic E-state index is 0.0602. The second-order valence-corrected chi connectivity index (χ2v) is 15.5. The lowest BCUT2D eigenvalue weighted by Gasteiger charge is -2.46. The van der Waals surface area contributed by atoms with Crippen LogP contribution in [0.25, 0.3) is 0 Å². The quantitative estimate of drug-likeness (QED) is 0.166. The van der Waals surface area contributed by atoms with Crippen molar-refractivity contribution in [3.05, 3.63) is 178 Å². The van der Waals surface area contributed by atoms with Gasteiger partial charge in [0.1, 0.15) is 0 Å². The summed E-state index contributed by atoms with van der Waals surface area (Å²) in [4.78, 5) is 7.64. The van der Waals surface area contributed by atoms with Gasteiger partial charge < -0.3 is 14.7 Å². The molecule has 0 bridgehead atoms. The summed E-state index contributed by atoms with van der Waals surface area (Å²) in [5.41, 5.74) is 24.9. The minimum absolute atomic E-state index is 0.0602. The standard InChI is InChI=1S/C50H46BN3/c1-31-23-25-44(37(7)27-31)52(45-26-24-32(2)28-38(45)8)39-29-46-48-47(30-39)54(43-22-12-10-16-34(43)4)50-36(6)18-14-20-41(50)51(48)40-19-13-17-35(5)49(40)53(46)42-21-11-9-15-33(42)3/h9-30H,1-8H3. The van der Waals surface area contributed by atoms with E-state index in [0.717, 1.165) is 5.69 Å². The third-order valence-electron chi connectivity index (χ3n) is 11.7. The molecule has 0 saturated carbocycles. The van der Waals surface area contributed by atoms with Crippen LogP contribution in [-0.4, -0.2) is 6.71 Å². The molecular weight excluding hydrogens is 653 g/mol. The fourth-order valence-electron chi connectivity index (χ4n) is 9.21. The van der Waals surface area contributed by atoms with Gasteiger partial charge in [0.25, 0.3) is 6.71 Å². The summed E-state index contributed by atoms with van der Waals surface area (Å²) in [5, 5.41) is 0. The van der Waals surface area contributed by atoms with Crippen molar-refractivity contribution >= 4 is 74.3 Å². The van der Waals surface area contributed by atoms with Gasteiger partial charge in [-0.2, -0.15) is 0 Å². The molecule has 2 aliphatic rings. The number of fused-ring (bicyclic) bond motifs is 4. The Labute approximate surface area is 321 Å². The average Bonchev–Trinajstić information content (AvgIpc) is 3.14. The summed E-state index contributed by atoms with van der Waals surface area (Å²) in [6, 6.07) is 50.2. The fraction of sp³-hybridized carbons (Fsp3) is 0.160. The minimum Gasteiger partial charge on any atom is -0.311 e. The molecule has 7 aromatic rings. The summed E-state index contributed by atoms with van der Waals surface area (Å²) in [7, 11) is 0. The highest BCUT2D eigenvalue weighted by molar-refractivity contribution is 7.00. The SMILES string of the molecule is Cc1ccc(N(c2cc3c4c(c2)N(c2ccccc2C)c2c(C)cccc2B4c2cccc(C)c2N3c2ccccc2C)c2ccc(C)cc2C)c(C)c1. The topological polar surface area (TPSA) is 9.72 Å². The molecule has 0 spiro atoms. The molecule has 4 heteroatoms. The second-order valence-electron chi connectivity index (χ2n) is 15.5. The van der Waals surface area contributed by atoms with E-state index in [4.69, 9.17) is 0 Å². The van der Waals surface area contributed by atoms with Crippen molar-refractivity contribution in [1.82, 2.24) is 0 Å². The molecule has 0 fully saturated rings. The van der Waals surface area contributed by atoms with Gasteiger partial charge in [-0.1, -0.05) is 108 Å². The molecule has 0 saturated heterocycles. The van der Waals surface area contributed by atoms with E-state index in [1.54, 1.807) is 0 Å². The summed E-state index contributed by atoms with van der Waals surface area (Å²) < 4.78 is 0. The van der Waals surface area contributed by atoms with Gasteiger partial charge in [0.2, 0.25) is 0 Å². The first-order valence-electron chi connectivity index (χ1n) is 19.2. The Morgan fingerprint density at radius 3 is 1.24 bits per heavy atom. The molecule has 0 radical (unpaired) electrons. The predicted molar refractivity (Wildman–Crippen MR) is 233 cm³/mol. The molecule has 7 aromatic carbocycles. The number of benzene rings is 7. The predicted octanol–water partition coefficient (Wildman–Crippen LogP) is 11.7. The van der Waals surface area contributed by atoms with Crippen molar-refractivity contribution in [1.29, 1.82) is 0 Å². The van der Waals surface area contributed by atoms with Gasteiger partial charge in [-0.05, 0) is 142 Å². The monoisotopic (exact) mass is 699 g/mol. The van der Waals surface area contributed by atoms with Crippen molar-refractivity contribution < 1.29 is 0 Å². The zero-order valence-electron chi connectivity index (χ0n) is 32.6. The third kappa shape index (κ3) is 5.19. The Balaban J connectivity index is 1.47. The van der Waals surface area contributed by atoms with Gasteiger partial charge in [0.05, 0.1) is 5.69 Å². The van der Waals surface area contributed by atoms with Crippen molar-refractivity contribution in [2.45, 2.75) is 55.4 Å². The zero-order valence-corrected chi connectivity index (χ0v) is 32.6. The van der Waals surface area contributed by atoms with Gasteiger partial charge in [-0.3, -0.25) is 0 Å². The number of nitrogens with zero attached hydrogens (tertiary/aromatic N) is 3. The van der Waals surface area contributed by atoms with Crippen molar-refractivity contribution in [2.24, 2.45) is 0 Å². The van der Waals surface area contributed by atoms with E-state index in [-0.39, 0.29) is 6.71 Å². The molecule has 0 amide bonds. The summed E-state index contributed by atoms with van der Waals surface area (Å²) in [6.45, 7) is 17.9. The van der Waals surface area contributed by atoms with Gasteiger partial charge in [-0.25, -0.2) is 0 Å². The first-order chi connectivity index (χ1) is 26.1. The molecule has 3 nitrogen and oxygen atoms in total. The van der Waals surface area contributed by atoms with Crippen LogP contribution >= 0.6 is 0 Å². The van der Waals surface area contributed by atoms with Crippen LogP contribution in [0.4, 0.5) is 51.2 Å². The van der Waals surface area contributed by atoms with Crippen LogP contribution in [-0.2, 0) is 0 Å². The van der Waals surface area contributed by atoms with Crippen LogP contribution in [0.3, 0.4) is 0 Å². The maximum Gasteiger partial charge on any atom is 0.252 e. The van der Waals surface area contributed by atoms with Crippen LogP contribution in [0.2, 0.25) is 0 Å². The molecular formula is C50H46BN3. The number of anilines is 9. The Hall–Kier alpha value is -6.00. The van der Waals surface area contributed by atoms with Crippen LogP contribution in [0.1, 0.15) is 44.5 Å². The largest absolute Gasteiger partial charge is 0.311 e. The molecule has 9 rings (SSSR count). The lowest BCUT2D eigenvalue weighted by atomic mass is 9.33. The van der Waals surface area contributed by atoms with Crippen LogP contribution in [0.15, 0.2) is 133 Å². The molecule has 2 aliphatic heterocycles. The van der Waals surface area contributed by atoms with E-state index in [0.29, 0.717) is 0 Å². The second kappa shape index (κ2) is 12.8. The van der Waals surface area contributed by atoms with Crippen molar-refractivity contribution in [3.8, 4) is 0 Å². The molecule has 54 heavy (non-hydrogen) atoms. The van der Waals surface area contributed by atoms with Crippen molar-refractivity contribution in [3.63, 3.8) is 0 Å². The van der Waals surface area contributed by atoms with E-state index >= 15 is 0 Å². The Morgan fingerprint density at radius 1 is 0.389 bits per heavy atom. The maximum absolute atomic E-state index is 2.57. The van der Waals surface area contributed by atoms with Crippen LogP contribution in [0.5, 0.6) is 0 Å². The summed E-state index contributed by atoms with van der Waals surface area (Å²) in [5.74, 6) is 0. The van der Waals surface area contributed by atoms with Gasteiger partial charge in [-0.15, -0.1) is 0 Å². The van der Waals surface area contributed by atoms with E-state index < -0.39 is 0 Å². The molecule has 0 aromatic heterocycles. The van der Waals surface area contributed by atoms with Crippen LogP contribution in [0, 0.1) is 55.4 Å². The lowest BCUT2D eigenvalue weighted by Crippen LogP contribution is -2.61. The first-order valence-corrected chi connectivity index (χ1v) is 19.2. The highest BCUT2D eigenvalue weighted by Gasteiger charge is 2.45. The summed E-state index contributed by atoms with van der Waals surface area (Å²) >= 11 is 0. The highest BCUT2D eigenvalue weighted by Crippen LogP contribution is 2.50. The van der Waals surface area contributed by atoms with Gasteiger partial charge >= 0.3 is 0 Å². The smallest absolute Gasteiger partial charge is 0.252 e. The maximum atomic E-state index is 2.57. The van der Waals surface area contributed by atoms with Gasteiger partial charge in [0.15, 0.2) is 0 Å². The van der Waals surface area contributed by atoms with E-state index in [9.17, 15) is 0 Å². The number of aryl methyl sites for hydroxylation is 8. The molecule has 0 aliphatic carbocycles. The molecule has 0 unspecified atom stereocenters. The molecule has 0 N–H and O–H groups in total. The van der Waals surface area contributed by atoms with E-state index in [2.05, 4.69) is 204 Å². The van der Waals surface area contributed by atoms with Crippen molar-refractivity contribution in [2.75, 3.05) is 14.7 Å². The molecule has 2 heterocycles. The number of hydrogen-bond acceptors (Lipinski definition) is 3. The number of rotatable bonds is 5. The Morgan fingerprint density at radius 2 is 0.815 bits per heavy atom. The highest BCUT2D eigenvalue weighted by atomic mass is 15.2. The lowest BCUT2D eigenvalue weighted by molar-refractivity contribution is 1.18. The Kier molecular flexibility index (Phi) is 8.04. The van der Waals surface area contributed by atoms with E-state index in [1.807, 2.05) is 0 Å². The zero-order chi connectivity index (χ0) is 37.4. The fourth-order valence-corrected chi connectivity index (χ4v) is 9.21. The van der Waals surface area contributed by atoms with Gasteiger partial charge in [0, 0.05) is 45.5 Å². The average molecular weight is 700 g/mol. The molecule has 264 valence electrons.